The number of hydrogen-bond donors (Lipinski definition) is 2. The van der Waals surface area contributed by atoms with E-state index in [1.165, 1.54) is 32.1 Å². The molecule has 2 N–H and O–H groups in total. The average Bonchev–Trinajstić information content (AvgIpc) is 3.03. The molecule has 0 heterocycles. The summed E-state index contributed by atoms with van der Waals surface area (Å²) in [4.78, 5) is 11.4. The molecule has 0 aromatic heterocycles. The summed E-state index contributed by atoms with van der Waals surface area (Å²) in [6.45, 7) is 3.06. The quantitative estimate of drug-likeness (QED) is 0.667. The zero-order valence-corrected chi connectivity index (χ0v) is 9.59. The van der Waals surface area contributed by atoms with Crippen molar-refractivity contribution in [3.05, 3.63) is 0 Å². The van der Waals surface area contributed by atoms with E-state index in [-0.39, 0.29) is 5.91 Å². The fraction of sp³-hybridized carbons (Fsp3) is 0.917. The molecular formula is C12H22N2O. The standard InChI is InChI=1S/C12H22N2O/c1-2-11(9-3-4-9)13-8-7-12(15)14-10-5-6-10/h9-11,13H,2-8H2,1H3,(H,14,15). The first-order valence-corrected chi connectivity index (χ1v) is 6.32. The highest BCUT2D eigenvalue weighted by Gasteiger charge is 2.29. The number of amides is 1. The van der Waals surface area contributed by atoms with Gasteiger partial charge in [-0.2, -0.15) is 0 Å². The van der Waals surface area contributed by atoms with Crippen LogP contribution in [0, 0.1) is 5.92 Å². The Hall–Kier alpha value is -0.570. The molecule has 2 rings (SSSR count). The minimum atomic E-state index is 0.218. The van der Waals surface area contributed by atoms with Crippen LogP contribution in [0.25, 0.3) is 0 Å². The summed E-state index contributed by atoms with van der Waals surface area (Å²) in [6.07, 6.45) is 6.94. The Bertz CT molecular complexity index is 222. The Morgan fingerprint density at radius 3 is 2.60 bits per heavy atom. The Balaban J connectivity index is 1.54. The van der Waals surface area contributed by atoms with Crippen molar-refractivity contribution in [1.82, 2.24) is 10.6 Å². The third-order valence-electron chi connectivity index (χ3n) is 3.33. The van der Waals surface area contributed by atoms with Crippen LogP contribution in [-0.4, -0.2) is 24.5 Å². The molecule has 2 aliphatic rings. The number of carbonyl (C=O) groups is 1. The Morgan fingerprint density at radius 1 is 1.33 bits per heavy atom. The van der Waals surface area contributed by atoms with Gasteiger partial charge in [-0.15, -0.1) is 0 Å². The Kier molecular flexibility index (Phi) is 3.62. The van der Waals surface area contributed by atoms with E-state index in [2.05, 4.69) is 17.6 Å². The lowest BCUT2D eigenvalue weighted by atomic mass is 10.1. The van der Waals surface area contributed by atoms with Crippen molar-refractivity contribution in [2.24, 2.45) is 5.92 Å². The zero-order valence-electron chi connectivity index (χ0n) is 9.59. The lowest BCUT2D eigenvalue weighted by Gasteiger charge is -2.15. The van der Waals surface area contributed by atoms with Crippen molar-refractivity contribution in [3.8, 4) is 0 Å². The highest BCUT2D eigenvalue weighted by molar-refractivity contribution is 5.76. The van der Waals surface area contributed by atoms with Crippen molar-refractivity contribution in [2.45, 2.75) is 57.5 Å². The van der Waals surface area contributed by atoms with Gasteiger partial charge in [-0.05, 0) is 38.0 Å². The van der Waals surface area contributed by atoms with Gasteiger partial charge in [-0.1, -0.05) is 6.92 Å². The maximum absolute atomic E-state index is 11.4. The van der Waals surface area contributed by atoms with Crippen LogP contribution in [0.15, 0.2) is 0 Å². The molecule has 1 unspecified atom stereocenters. The van der Waals surface area contributed by atoms with Gasteiger partial charge in [-0.3, -0.25) is 4.79 Å². The Labute approximate surface area is 92.0 Å². The van der Waals surface area contributed by atoms with Gasteiger partial charge in [0, 0.05) is 25.0 Å². The van der Waals surface area contributed by atoms with Gasteiger partial charge in [0.1, 0.15) is 0 Å². The molecule has 0 aromatic rings. The van der Waals surface area contributed by atoms with Gasteiger partial charge in [0.25, 0.3) is 0 Å². The van der Waals surface area contributed by atoms with Crippen molar-refractivity contribution in [2.75, 3.05) is 6.54 Å². The lowest BCUT2D eigenvalue weighted by molar-refractivity contribution is -0.121. The highest BCUT2D eigenvalue weighted by atomic mass is 16.1. The van der Waals surface area contributed by atoms with Crippen LogP contribution >= 0.6 is 0 Å². The molecule has 0 radical (unpaired) electrons. The SMILES string of the molecule is CCC(NCCC(=O)NC1CC1)C1CC1. The fourth-order valence-electron chi connectivity index (χ4n) is 2.04. The molecule has 3 nitrogen and oxygen atoms in total. The normalized spacial score (nSPS) is 22.5. The summed E-state index contributed by atoms with van der Waals surface area (Å²) < 4.78 is 0. The Morgan fingerprint density at radius 2 is 2.07 bits per heavy atom. The minimum absolute atomic E-state index is 0.218. The highest BCUT2D eigenvalue weighted by Crippen LogP contribution is 2.33. The first-order chi connectivity index (χ1) is 7.29. The molecular weight excluding hydrogens is 188 g/mol. The van der Waals surface area contributed by atoms with Crippen LogP contribution in [0.4, 0.5) is 0 Å². The fourth-order valence-corrected chi connectivity index (χ4v) is 2.04. The van der Waals surface area contributed by atoms with Crippen LogP contribution in [-0.2, 0) is 4.79 Å². The molecule has 2 fully saturated rings. The molecule has 0 saturated heterocycles. The molecule has 15 heavy (non-hydrogen) atoms. The predicted octanol–water partition coefficient (Wildman–Crippen LogP) is 1.43. The van der Waals surface area contributed by atoms with E-state index >= 15 is 0 Å². The predicted molar refractivity (Wildman–Crippen MR) is 60.6 cm³/mol. The number of nitrogens with one attached hydrogen (secondary N) is 2. The minimum Gasteiger partial charge on any atom is -0.353 e. The monoisotopic (exact) mass is 210 g/mol. The molecule has 0 aliphatic heterocycles. The van der Waals surface area contributed by atoms with Crippen LogP contribution < -0.4 is 10.6 Å². The number of rotatable bonds is 7. The third-order valence-corrected chi connectivity index (χ3v) is 3.33. The lowest BCUT2D eigenvalue weighted by Crippen LogP contribution is -2.35. The smallest absolute Gasteiger partial charge is 0.221 e. The molecule has 3 heteroatoms. The maximum atomic E-state index is 11.4. The summed E-state index contributed by atoms with van der Waals surface area (Å²) in [6, 6.07) is 1.15. The van der Waals surface area contributed by atoms with E-state index in [4.69, 9.17) is 0 Å². The molecule has 2 aliphatic carbocycles. The molecule has 86 valence electrons. The van der Waals surface area contributed by atoms with Gasteiger partial charge in [0.15, 0.2) is 0 Å². The molecule has 1 atom stereocenters. The van der Waals surface area contributed by atoms with Crippen molar-refractivity contribution in [1.29, 1.82) is 0 Å². The van der Waals surface area contributed by atoms with Crippen LogP contribution in [0.3, 0.4) is 0 Å². The van der Waals surface area contributed by atoms with Gasteiger partial charge in [-0.25, -0.2) is 0 Å². The van der Waals surface area contributed by atoms with Crippen molar-refractivity contribution < 1.29 is 4.79 Å². The van der Waals surface area contributed by atoms with Gasteiger partial charge in [0.05, 0.1) is 0 Å². The first kappa shape index (κ1) is 10.9. The second-order valence-corrected chi connectivity index (χ2v) is 4.90. The van der Waals surface area contributed by atoms with E-state index in [1.54, 1.807) is 0 Å². The summed E-state index contributed by atoms with van der Waals surface area (Å²) in [5.41, 5.74) is 0. The number of hydrogen-bond acceptors (Lipinski definition) is 2. The van der Waals surface area contributed by atoms with E-state index in [0.717, 1.165) is 12.5 Å². The second-order valence-electron chi connectivity index (χ2n) is 4.90. The molecule has 0 aromatic carbocycles. The summed E-state index contributed by atoms with van der Waals surface area (Å²) in [5, 5.41) is 6.51. The second kappa shape index (κ2) is 4.97. The van der Waals surface area contributed by atoms with E-state index in [9.17, 15) is 4.79 Å². The molecule has 1 amide bonds. The maximum Gasteiger partial charge on any atom is 0.221 e. The van der Waals surface area contributed by atoms with Crippen molar-refractivity contribution in [3.63, 3.8) is 0 Å². The average molecular weight is 210 g/mol. The first-order valence-electron chi connectivity index (χ1n) is 6.32. The van der Waals surface area contributed by atoms with Crippen LogP contribution in [0.1, 0.15) is 45.4 Å². The van der Waals surface area contributed by atoms with E-state index < -0.39 is 0 Å². The number of carbonyl (C=O) groups excluding carboxylic acids is 1. The molecule has 0 spiro atoms. The molecule has 2 saturated carbocycles. The summed E-state index contributed by atoms with van der Waals surface area (Å²) >= 11 is 0. The van der Waals surface area contributed by atoms with Crippen molar-refractivity contribution >= 4 is 5.91 Å². The summed E-state index contributed by atoms with van der Waals surface area (Å²) in [7, 11) is 0. The van der Waals surface area contributed by atoms with E-state index in [0.29, 0.717) is 18.5 Å². The third kappa shape index (κ3) is 3.82. The zero-order chi connectivity index (χ0) is 10.7. The van der Waals surface area contributed by atoms with Crippen LogP contribution in [0.2, 0.25) is 0 Å². The largest absolute Gasteiger partial charge is 0.353 e. The van der Waals surface area contributed by atoms with Crippen LogP contribution in [0.5, 0.6) is 0 Å². The molecule has 0 bridgehead atoms. The van der Waals surface area contributed by atoms with Gasteiger partial charge < -0.3 is 10.6 Å². The van der Waals surface area contributed by atoms with Gasteiger partial charge in [0.2, 0.25) is 5.91 Å². The topological polar surface area (TPSA) is 41.1 Å². The summed E-state index contributed by atoms with van der Waals surface area (Å²) in [5.74, 6) is 1.11. The van der Waals surface area contributed by atoms with Gasteiger partial charge >= 0.3 is 0 Å². The van der Waals surface area contributed by atoms with E-state index in [1.807, 2.05) is 0 Å².